The van der Waals surface area contributed by atoms with Crippen LogP contribution in [-0.2, 0) is 16.1 Å². The molecule has 0 spiro atoms. The predicted molar refractivity (Wildman–Crippen MR) is 87.1 cm³/mol. The van der Waals surface area contributed by atoms with E-state index in [0.717, 1.165) is 12.1 Å². The Kier molecular flexibility index (Phi) is 4.97. The number of carbonyl (C=O) groups is 2. The Bertz CT molecular complexity index is 585. The van der Waals surface area contributed by atoms with Gasteiger partial charge in [-0.2, -0.15) is 5.10 Å². The van der Waals surface area contributed by atoms with Gasteiger partial charge in [0.05, 0.1) is 6.20 Å². The van der Waals surface area contributed by atoms with Crippen LogP contribution in [0.4, 0.5) is 10.6 Å². The minimum absolute atomic E-state index is 0.295. The van der Waals surface area contributed by atoms with Crippen molar-refractivity contribution in [3.63, 3.8) is 0 Å². The molecule has 23 heavy (non-hydrogen) atoms. The van der Waals surface area contributed by atoms with Crippen molar-refractivity contribution in [1.82, 2.24) is 15.1 Å². The average Bonchev–Trinajstić information content (AvgIpc) is 3.15. The summed E-state index contributed by atoms with van der Waals surface area (Å²) in [5.74, 6) is 1.05. The molecule has 0 unspecified atom stereocenters. The Balaban J connectivity index is 1.93. The van der Waals surface area contributed by atoms with Gasteiger partial charge in [-0.1, -0.05) is 0 Å². The molecule has 7 heteroatoms. The molecule has 0 aliphatic heterocycles. The summed E-state index contributed by atoms with van der Waals surface area (Å²) in [6, 6.07) is -0.700. The van der Waals surface area contributed by atoms with Gasteiger partial charge in [-0.25, -0.2) is 9.48 Å². The van der Waals surface area contributed by atoms with Gasteiger partial charge in [0.2, 0.25) is 5.91 Å². The van der Waals surface area contributed by atoms with Crippen molar-refractivity contribution in [2.75, 3.05) is 5.32 Å². The maximum absolute atomic E-state index is 12.3. The molecular weight excluding hydrogens is 296 g/mol. The molecule has 0 aromatic carbocycles. The number of hydrogen-bond acceptors (Lipinski definition) is 4. The molecule has 1 aliphatic rings. The molecule has 1 aromatic rings. The summed E-state index contributed by atoms with van der Waals surface area (Å²) >= 11 is 0. The number of aryl methyl sites for hydroxylation is 1. The molecule has 7 nitrogen and oxygen atoms in total. The van der Waals surface area contributed by atoms with Crippen molar-refractivity contribution in [3.8, 4) is 0 Å². The van der Waals surface area contributed by atoms with E-state index in [-0.39, 0.29) is 5.91 Å². The van der Waals surface area contributed by atoms with Crippen LogP contribution in [0.5, 0.6) is 0 Å². The summed E-state index contributed by atoms with van der Waals surface area (Å²) < 4.78 is 6.98. The quantitative estimate of drug-likeness (QED) is 0.872. The van der Waals surface area contributed by atoms with E-state index < -0.39 is 17.7 Å². The maximum atomic E-state index is 12.3. The monoisotopic (exact) mass is 322 g/mol. The fourth-order valence-electron chi connectivity index (χ4n) is 2.10. The minimum atomic E-state index is -0.700. The molecule has 2 amide bonds. The van der Waals surface area contributed by atoms with Gasteiger partial charge in [-0.15, -0.1) is 0 Å². The highest BCUT2D eigenvalue weighted by Gasteiger charge is 2.25. The lowest BCUT2D eigenvalue weighted by Gasteiger charge is -2.21. The Morgan fingerprint density at radius 3 is 2.65 bits per heavy atom. The van der Waals surface area contributed by atoms with E-state index >= 15 is 0 Å². The van der Waals surface area contributed by atoms with E-state index in [4.69, 9.17) is 4.74 Å². The van der Waals surface area contributed by atoms with Crippen LogP contribution in [0.2, 0.25) is 0 Å². The summed E-state index contributed by atoms with van der Waals surface area (Å²) in [6.07, 6.45) is 3.55. The maximum Gasteiger partial charge on any atom is 0.408 e. The van der Waals surface area contributed by atoms with E-state index in [9.17, 15) is 9.59 Å². The van der Waals surface area contributed by atoms with Crippen molar-refractivity contribution in [2.45, 2.75) is 65.6 Å². The van der Waals surface area contributed by atoms with Gasteiger partial charge >= 0.3 is 6.09 Å². The SMILES string of the molecule is Cc1cnn(CC2CC2)c1NC(=O)[C@@H](C)NC(=O)OC(C)(C)C. The van der Waals surface area contributed by atoms with Crippen LogP contribution in [0.3, 0.4) is 0 Å². The van der Waals surface area contributed by atoms with Gasteiger partial charge < -0.3 is 15.4 Å². The van der Waals surface area contributed by atoms with Crippen LogP contribution >= 0.6 is 0 Å². The third-order valence-corrected chi connectivity index (χ3v) is 3.52. The first kappa shape index (κ1) is 17.3. The van der Waals surface area contributed by atoms with Crippen LogP contribution < -0.4 is 10.6 Å². The first-order chi connectivity index (χ1) is 10.7. The molecule has 1 saturated carbocycles. The predicted octanol–water partition coefficient (Wildman–Crippen LogP) is 2.45. The van der Waals surface area contributed by atoms with Crippen molar-refractivity contribution in [2.24, 2.45) is 5.92 Å². The zero-order chi connectivity index (χ0) is 17.2. The van der Waals surface area contributed by atoms with Crippen LogP contribution in [0.1, 0.15) is 46.1 Å². The second-order valence-corrected chi connectivity index (χ2v) is 7.16. The molecule has 2 rings (SSSR count). The van der Waals surface area contributed by atoms with E-state index in [0.29, 0.717) is 11.7 Å². The van der Waals surface area contributed by atoms with Gasteiger partial charge in [0.15, 0.2) is 0 Å². The molecule has 1 atom stereocenters. The van der Waals surface area contributed by atoms with Crippen molar-refractivity contribution in [3.05, 3.63) is 11.8 Å². The lowest BCUT2D eigenvalue weighted by atomic mass is 10.2. The number of ether oxygens (including phenoxy) is 1. The lowest BCUT2D eigenvalue weighted by molar-refractivity contribution is -0.117. The van der Waals surface area contributed by atoms with Gasteiger partial charge in [-0.3, -0.25) is 4.79 Å². The first-order valence-electron chi connectivity index (χ1n) is 7.98. The van der Waals surface area contributed by atoms with Gasteiger partial charge in [-0.05, 0) is 53.4 Å². The van der Waals surface area contributed by atoms with Gasteiger partial charge in [0, 0.05) is 12.1 Å². The average molecular weight is 322 g/mol. The molecule has 1 aromatic heterocycles. The largest absolute Gasteiger partial charge is 0.444 e. The Labute approximate surface area is 136 Å². The first-order valence-corrected chi connectivity index (χ1v) is 7.98. The topological polar surface area (TPSA) is 85.3 Å². The Hall–Kier alpha value is -2.05. The Morgan fingerprint density at radius 2 is 2.09 bits per heavy atom. The zero-order valence-corrected chi connectivity index (χ0v) is 14.5. The second-order valence-electron chi connectivity index (χ2n) is 7.16. The summed E-state index contributed by atoms with van der Waals surface area (Å²) in [5, 5.41) is 9.70. The summed E-state index contributed by atoms with van der Waals surface area (Å²) in [6.45, 7) is 9.66. The van der Waals surface area contributed by atoms with E-state index in [1.807, 2.05) is 11.6 Å². The van der Waals surface area contributed by atoms with Crippen molar-refractivity contribution >= 4 is 17.8 Å². The van der Waals surface area contributed by atoms with Gasteiger partial charge in [0.1, 0.15) is 17.5 Å². The number of alkyl carbamates (subject to hydrolysis) is 1. The number of nitrogens with one attached hydrogen (secondary N) is 2. The molecule has 1 aliphatic carbocycles. The molecule has 1 heterocycles. The van der Waals surface area contributed by atoms with Crippen LogP contribution in [0.15, 0.2) is 6.20 Å². The van der Waals surface area contributed by atoms with Crippen LogP contribution in [-0.4, -0.2) is 33.4 Å². The number of rotatable bonds is 5. The number of aromatic nitrogens is 2. The third-order valence-electron chi connectivity index (χ3n) is 3.52. The normalized spacial score (nSPS) is 15.9. The highest BCUT2D eigenvalue weighted by Crippen LogP contribution is 2.31. The van der Waals surface area contributed by atoms with Crippen molar-refractivity contribution < 1.29 is 14.3 Å². The lowest BCUT2D eigenvalue weighted by Crippen LogP contribution is -2.44. The van der Waals surface area contributed by atoms with Gasteiger partial charge in [0.25, 0.3) is 0 Å². The number of nitrogens with zero attached hydrogens (tertiary/aromatic N) is 2. The number of hydrogen-bond donors (Lipinski definition) is 2. The molecule has 128 valence electrons. The molecular formula is C16H26N4O3. The molecule has 0 radical (unpaired) electrons. The standard InChI is InChI=1S/C16H26N4O3/c1-10-8-17-20(9-12-6-7-12)13(10)19-14(21)11(2)18-15(22)23-16(3,4)5/h8,11-12H,6-7,9H2,1-5H3,(H,18,22)(H,19,21)/t11-/m1/s1. The fourth-order valence-corrected chi connectivity index (χ4v) is 2.10. The molecule has 1 fully saturated rings. The molecule has 0 saturated heterocycles. The third kappa shape index (κ3) is 5.26. The smallest absolute Gasteiger partial charge is 0.408 e. The minimum Gasteiger partial charge on any atom is -0.444 e. The van der Waals surface area contributed by atoms with Crippen molar-refractivity contribution in [1.29, 1.82) is 0 Å². The van der Waals surface area contributed by atoms with Crippen LogP contribution in [0.25, 0.3) is 0 Å². The van der Waals surface area contributed by atoms with E-state index in [1.165, 1.54) is 12.8 Å². The van der Waals surface area contributed by atoms with E-state index in [2.05, 4.69) is 15.7 Å². The van der Waals surface area contributed by atoms with E-state index in [1.54, 1.807) is 33.9 Å². The summed E-state index contributed by atoms with van der Waals surface area (Å²) in [7, 11) is 0. The number of carbonyl (C=O) groups excluding carboxylic acids is 2. The fraction of sp³-hybridized carbons (Fsp3) is 0.688. The summed E-state index contributed by atoms with van der Waals surface area (Å²) in [4.78, 5) is 24.0. The highest BCUT2D eigenvalue weighted by molar-refractivity contribution is 5.96. The molecule has 0 bridgehead atoms. The number of anilines is 1. The summed E-state index contributed by atoms with van der Waals surface area (Å²) in [5.41, 5.74) is 0.309. The zero-order valence-electron chi connectivity index (χ0n) is 14.5. The number of amides is 2. The highest BCUT2D eigenvalue weighted by atomic mass is 16.6. The second kappa shape index (κ2) is 6.60. The molecule has 2 N–H and O–H groups in total. The van der Waals surface area contributed by atoms with Crippen LogP contribution in [0, 0.1) is 12.8 Å². The Morgan fingerprint density at radius 1 is 1.43 bits per heavy atom.